The van der Waals surface area contributed by atoms with Gasteiger partial charge in [0.25, 0.3) is 0 Å². The first-order valence-corrected chi connectivity index (χ1v) is 5.73. The van der Waals surface area contributed by atoms with Gasteiger partial charge in [-0.1, -0.05) is 26.7 Å². The number of carbonyl (C=O) groups is 2. The van der Waals surface area contributed by atoms with E-state index < -0.39 is 0 Å². The Labute approximate surface area is 91.9 Å². The van der Waals surface area contributed by atoms with Crippen LogP contribution in [0, 0.1) is 5.92 Å². The van der Waals surface area contributed by atoms with Crippen LogP contribution < -0.4 is 0 Å². The average Bonchev–Trinajstić information content (AvgIpc) is 2.22. The topological polar surface area (TPSA) is 54.4 Å². The quantitative estimate of drug-likeness (QED) is 0.598. The molecule has 0 fully saturated rings. The maximum atomic E-state index is 11.2. The first kappa shape index (κ1) is 14.3. The molecule has 3 nitrogen and oxygen atoms in total. The second-order valence-corrected chi connectivity index (χ2v) is 4.23. The summed E-state index contributed by atoms with van der Waals surface area (Å²) in [4.78, 5) is 22.0. The van der Waals surface area contributed by atoms with E-state index in [1.54, 1.807) is 0 Å². The summed E-state index contributed by atoms with van der Waals surface area (Å²) in [5.41, 5.74) is 0. The third kappa shape index (κ3) is 8.30. The molecule has 0 rings (SSSR count). The number of hydrogen-bond donors (Lipinski definition) is 1. The van der Waals surface area contributed by atoms with Crippen molar-refractivity contribution in [1.82, 2.24) is 0 Å². The number of ketones is 2. The molecule has 0 aromatic rings. The van der Waals surface area contributed by atoms with E-state index in [0.717, 1.165) is 25.7 Å². The molecule has 0 aliphatic rings. The van der Waals surface area contributed by atoms with Gasteiger partial charge in [-0.2, -0.15) is 0 Å². The van der Waals surface area contributed by atoms with E-state index in [0.29, 0.717) is 18.6 Å². The minimum atomic E-state index is -0.341. The molecule has 0 saturated heterocycles. The van der Waals surface area contributed by atoms with Crippen molar-refractivity contribution in [2.75, 3.05) is 6.61 Å². The molecule has 0 aliphatic heterocycles. The third-order valence-electron chi connectivity index (χ3n) is 2.45. The standard InChI is InChI=1S/C12H22O3/c1-10(2)12(15)8-6-4-3-5-7-11(14)9-13/h10,13H,3-9H2,1-2H3. The van der Waals surface area contributed by atoms with Crippen LogP contribution in [0.25, 0.3) is 0 Å². The van der Waals surface area contributed by atoms with E-state index in [9.17, 15) is 9.59 Å². The van der Waals surface area contributed by atoms with Crippen molar-refractivity contribution in [1.29, 1.82) is 0 Å². The first-order valence-electron chi connectivity index (χ1n) is 5.73. The van der Waals surface area contributed by atoms with Gasteiger partial charge in [0.1, 0.15) is 12.4 Å². The summed E-state index contributed by atoms with van der Waals surface area (Å²) in [6.45, 7) is 3.50. The van der Waals surface area contributed by atoms with Gasteiger partial charge in [-0.3, -0.25) is 9.59 Å². The molecule has 15 heavy (non-hydrogen) atoms. The Morgan fingerprint density at radius 1 is 1.00 bits per heavy atom. The molecule has 0 spiro atoms. The van der Waals surface area contributed by atoms with Crippen molar-refractivity contribution >= 4 is 11.6 Å². The van der Waals surface area contributed by atoms with Crippen molar-refractivity contribution < 1.29 is 14.7 Å². The smallest absolute Gasteiger partial charge is 0.158 e. The first-order chi connectivity index (χ1) is 7.07. The second kappa shape index (κ2) is 8.60. The predicted octanol–water partition coefficient (Wildman–Crippen LogP) is 2.11. The van der Waals surface area contributed by atoms with E-state index in [4.69, 9.17) is 5.11 Å². The Balaban J connectivity index is 3.25. The van der Waals surface area contributed by atoms with Crippen molar-refractivity contribution in [3.8, 4) is 0 Å². The molecule has 0 bridgehead atoms. The monoisotopic (exact) mass is 214 g/mol. The van der Waals surface area contributed by atoms with Gasteiger partial charge in [0.05, 0.1) is 0 Å². The van der Waals surface area contributed by atoms with Crippen LogP contribution in [0.15, 0.2) is 0 Å². The minimum absolute atomic E-state index is 0.0896. The van der Waals surface area contributed by atoms with Crippen LogP contribution in [0.2, 0.25) is 0 Å². The fraction of sp³-hybridized carbons (Fsp3) is 0.833. The fourth-order valence-corrected chi connectivity index (χ4v) is 1.34. The molecule has 0 aliphatic carbocycles. The lowest BCUT2D eigenvalue weighted by molar-refractivity contribution is -0.122. The van der Waals surface area contributed by atoms with Gasteiger partial charge in [0, 0.05) is 18.8 Å². The largest absolute Gasteiger partial charge is 0.389 e. The molecule has 0 unspecified atom stereocenters. The Morgan fingerprint density at radius 3 is 2.00 bits per heavy atom. The molecule has 88 valence electrons. The van der Waals surface area contributed by atoms with Crippen LogP contribution in [0.4, 0.5) is 0 Å². The van der Waals surface area contributed by atoms with Crippen LogP contribution >= 0.6 is 0 Å². The molecule has 3 heteroatoms. The van der Waals surface area contributed by atoms with Gasteiger partial charge in [0.15, 0.2) is 5.78 Å². The van der Waals surface area contributed by atoms with Crippen molar-refractivity contribution in [2.45, 2.75) is 52.4 Å². The molecule has 0 aromatic carbocycles. The zero-order valence-electron chi connectivity index (χ0n) is 9.79. The lowest BCUT2D eigenvalue weighted by atomic mass is 10.0. The van der Waals surface area contributed by atoms with Crippen molar-refractivity contribution in [3.63, 3.8) is 0 Å². The average molecular weight is 214 g/mol. The number of Topliss-reactive ketones (excluding diaryl/α,β-unsaturated/α-hetero) is 2. The zero-order chi connectivity index (χ0) is 11.7. The maximum absolute atomic E-state index is 11.2. The van der Waals surface area contributed by atoms with Crippen LogP contribution in [-0.4, -0.2) is 23.3 Å². The molecule has 0 saturated carbocycles. The lowest BCUT2D eigenvalue weighted by Gasteiger charge is -2.03. The molecule has 0 heterocycles. The minimum Gasteiger partial charge on any atom is -0.389 e. The Morgan fingerprint density at radius 2 is 1.53 bits per heavy atom. The molecule has 0 atom stereocenters. The summed E-state index contributed by atoms with van der Waals surface area (Å²) < 4.78 is 0. The van der Waals surface area contributed by atoms with Gasteiger partial charge in [-0.05, 0) is 12.8 Å². The highest BCUT2D eigenvalue weighted by molar-refractivity contribution is 5.80. The third-order valence-corrected chi connectivity index (χ3v) is 2.45. The molecule has 0 aromatic heterocycles. The lowest BCUT2D eigenvalue weighted by Crippen LogP contribution is -2.06. The van der Waals surface area contributed by atoms with E-state index in [2.05, 4.69) is 0 Å². The van der Waals surface area contributed by atoms with E-state index in [-0.39, 0.29) is 18.3 Å². The number of aliphatic hydroxyl groups excluding tert-OH is 1. The van der Waals surface area contributed by atoms with Crippen LogP contribution in [0.3, 0.4) is 0 Å². The van der Waals surface area contributed by atoms with E-state index in [1.807, 2.05) is 13.8 Å². The molecule has 0 amide bonds. The highest BCUT2D eigenvalue weighted by Crippen LogP contribution is 2.08. The molecular formula is C12H22O3. The number of aliphatic hydroxyl groups is 1. The van der Waals surface area contributed by atoms with Crippen molar-refractivity contribution in [2.24, 2.45) is 5.92 Å². The van der Waals surface area contributed by atoms with E-state index in [1.165, 1.54) is 0 Å². The number of hydrogen-bond acceptors (Lipinski definition) is 3. The summed E-state index contributed by atoms with van der Waals surface area (Å²) in [6, 6.07) is 0. The Kier molecular flexibility index (Phi) is 8.19. The highest BCUT2D eigenvalue weighted by Gasteiger charge is 2.06. The van der Waals surface area contributed by atoms with Gasteiger partial charge < -0.3 is 5.11 Å². The number of carbonyl (C=O) groups excluding carboxylic acids is 2. The van der Waals surface area contributed by atoms with Crippen LogP contribution in [-0.2, 0) is 9.59 Å². The SMILES string of the molecule is CC(C)C(=O)CCCCCCC(=O)CO. The van der Waals surface area contributed by atoms with Crippen molar-refractivity contribution in [3.05, 3.63) is 0 Å². The Hall–Kier alpha value is -0.700. The van der Waals surface area contributed by atoms with Crippen LogP contribution in [0.5, 0.6) is 0 Å². The Bertz CT molecular complexity index is 197. The van der Waals surface area contributed by atoms with Gasteiger partial charge in [-0.25, -0.2) is 0 Å². The summed E-state index contributed by atoms with van der Waals surface area (Å²) in [5.74, 6) is 0.371. The molecule has 1 N–H and O–H groups in total. The summed E-state index contributed by atoms with van der Waals surface area (Å²) in [6.07, 6.45) is 4.84. The predicted molar refractivity (Wildman–Crippen MR) is 59.6 cm³/mol. The van der Waals surface area contributed by atoms with Gasteiger partial charge in [0.2, 0.25) is 0 Å². The highest BCUT2D eigenvalue weighted by atomic mass is 16.3. The molecular weight excluding hydrogens is 192 g/mol. The number of rotatable bonds is 9. The van der Waals surface area contributed by atoms with E-state index >= 15 is 0 Å². The van der Waals surface area contributed by atoms with Gasteiger partial charge in [-0.15, -0.1) is 0 Å². The zero-order valence-corrected chi connectivity index (χ0v) is 9.79. The maximum Gasteiger partial charge on any atom is 0.158 e. The fourth-order valence-electron chi connectivity index (χ4n) is 1.34. The van der Waals surface area contributed by atoms with Crippen LogP contribution in [0.1, 0.15) is 52.4 Å². The summed E-state index contributed by atoms with van der Waals surface area (Å²) in [5, 5.41) is 8.48. The second-order valence-electron chi connectivity index (χ2n) is 4.23. The number of unbranched alkanes of at least 4 members (excludes halogenated alkanes) is 3. The van der Waals surface area contributed by atoms with Gasteiger partial charge >= 0.3 is 0 Å². The summed E-state index contributed by atoms with van der Waals surface area (Å²) in [7, 11) is 0. The normalized spacial score (nSPS) is 10.7. The molecule has 0 radical (unpaired) electrons. The summed E-state index contributed by atoms with van der Waals surface area (Å²) >= 11 is 0.